The zero-order chi connectivity index (χ0) is 42.6. The van der Waals surface area contributed by atoms with Gasteiger partial charge in [0.05, 0.1) is 27.7 Å². The molecule has 54 heavy (non-hydrogen) atoms. The fourth-order valence-electron chi connectivity index (χ4n) is 8.58. The Kier molecular flexibility index (Phi) is 4.89. The molecule has 13 rings (SSSR count). The van der Waals surface area contributed by atoms with E-state index in [-0.39, 0.29) is 49.2 Å². The first kappa shape index (κ1) is 23.6. The van der Waals surface area contributed by atoms with Gasteiger partial charge in [-0.05, 0) is 71.7 Å². The number of fused-ring (bicyclic) bond motifs is 9. The Morgan fingerprint density at radius 1 is 0.722 bits per heavy atom. The molecule has 6 nitrogen and oxygen atoms in total. The molecular formula is C46H28BIrN5O-2. The number of aryl methyl sites for hydroxylation is 3. The zero-order valence-electron chi connectivity index (χ0n) is 37.0. The Bertz CT molecular complexity index is 3710. The van der Waals surface area contributed by atoms with Gasteiger partial charge in [0.2, 0.25) is 6.71 Å². The molecule has 0 atom stereocenters. The molecule has 0 N–H and O–H groups in total. The third-order valence-corrected chi connectivity index (χ3v) is 10.7. The average Bonchev–Trinajstić information content (AvgIpc) is 3.85. The number of imidazole rings is 2. The summed E-state index contributed by atoms with van der Waals surface area (Å²) in [5.41, 5.74) is 12.2. The number of para-hydroxylation sites is 4. The summed E-state index contributed by atoms with van der Waals surface area (Å²) in [5, 5.41) is 4.52. The van der Waals surface area contributed by atoms with Crippen molar-refractivity contribution in [2.75, 3.05) is 0 Å². The summed E-state index contributed by atoms with van der Waals surface area (Å²) in [6, 6.07) is 41.7. The molecule has 0 saturated heterocycles. The van der Waals surface area contributed by atoms with Gasteiger partial charge in [0.15, 0.2) is 0 Å². The first-order chi connectivity index (χ1) is 29.7. The third-order valence-electron chi connectivity index (χ3n) is 10.7. The van der Waals surface area contributed by atoms with Gasteiger partial charge in [-0.25, -0.2) is 4.98 Å². The van der Waals surface area contributed by atoms with E-state index >= 15 is 0 Å². The Labute approximate surface area is 336 Å². The van der Waals surface area contributed by atoms with Gasteiger partial charge in [-0.1, -0.05) is 101 Å². The first-order valence-corrected chi connectivity index (χ1v) is 17.2. The van der Waals surface area contributed by atoms with E-state index in [0.717, 1.165) is 61.8 Å². The number of rotatable bonds is 1. The third kappa shape index (κ3) is 4.07. The zero-order valence-corrected chi connectivity index (χ0v) is 30.4. The molecule has 2 aliphatic heterocycles. The van der Waals surface area contributed by atoms with Gasteiger partial charge < -0.3 is 18.5 Å². The Hall–Kier alpha value is -6.08. The fraction of sp³-hybridized carbons (Fsp3) is 0.0652. The molecule has 6 aromatic carbocycles. The predicted octanol–water partition coefficient (Wildman–Crippen LogP) is 8.39. The van der Waals surface area contributed by atoms with Crippen LogP contribution in [0.2, 0.25) is 0 Å². The molecule has 11 aromatic rings. The normalized spacial score (nSPS) is 15.9. The maximum atomic E-state index is 7.54. The summed E-state index contributed by atoms with van der Waals surface area (Å²) in [7, 11) is 0. The van der Waals surface area contributed by atoms with E-state index in [1.54, 1.807) is 0 Å². The molecule has 0 spiro atoms. The van der Waals surface area contributed by atoms with Crippen molar-refractivity contribution in [3.8, 4) is 22.8 Å². The summed E-state index contributed by atoms with van der Waals surface area (Å²) in [6.45, 7) is -7.41. The van der Waals surface area contributed by atoms with Gasteiger partial charge in [0.1, 0.15) is 11.4 Å². The maximum absolute atomic E-state index is 7.54. The van der Waals surface area contributed by atoms with Gasteiger partial charge in [0.25, 0.3) is 0 Å². The van der Waals surface area contributed by atoms with Crippen LogP contribution >= 0.6 is 0 Å². The average molecular weight is 879 g/mol. The van der Waals surface area contributed by atoms with Crippen LogP contribution in [0.5, 0.6) is 11.5 Å². The van der Waals surface area contributed by atoms with E-state index in [4.69, 9.17) is 27.0 Å². The van der Waals surface area contributed by atoms with Crippen LogP contribution in [0, 0.1) is 32.7 Å². The van der Waals surface area contributed by atoms with Crippen molar-refractivity contribution in [3.63, 3.8) is 0 Å². The summed E-state index contributed by atoms with van der Waals surface area (Å²) >= 11 is 0. The first-order valence-electron chi connectivity index (χ1n) is 21.7. The minimum atomic E-state index is -2.61. The molecule has 0 aliphatic carbocycles. The van der Waals surface area contributed by atoms with Gasteiger partial charge in [-0.3, -0.25) is 4.98 Å². The number of hydrogen-bond acceptors (Lipinski definition) is 4. The fourth-order valence-corrected chi connectivity index (χ4v) is 8.58. The molecule has 0 bridgehead atoms. The molecular weight excluding hydrogens is 842 g/mol. The minimum absolute atomic E-state index is 0. The van der Waals surface area contributed by atoms with Crippen LogP contribution in [0.1, 0.15) is 29.0 Å². The maximum Gasteiger partial charge on any atom is 0.204 e. The molecule has 257 valence electrons. The van der Waals surface area contributed by atoms with Crippen molar-refractivity contribution in [3.05, 3.63) is 144 Å². The quantitative estimate of drug-likeness (QED) is 0.0946. The number of ether oxygens (including phenoxy) is 1. The summed E-state index contributed by atoms with van der Waals surface area (Å²) < 4.78 is 78.2. The Morgan fingerprint density at radius 3 is 2.43 bits per heavy atom. The van der Waals surface area contributed by atoms with Crippen LogP contribution in [0.25, 0.3) is 77.2 Å². The van der Waals surface area contributed by atoms with E-state index in [0.29, 0.717) is 5.56 Å². The summed E-state index contributed by atoms with van der Waals surface area (Å²) in [5.74, 6) is 1.67. The van der Waals surface area contributed by atoms with Crippen LogP contribution in [-0.4, -0.2) is 30.5 Å². The van der Waals surface area contributed by atoms with Crippen molar-refractivity contribution in [1.29, 1.82) is 0 Å². The van der Waals surface area contributed by atoms with Crippen LogP contribution in [0.3, 0.4) is 0 Å². The van der Waals surface area contributed by atoms with Gasteiger partial charge in [-0.2, -0.15) is 0 Å². The monoisotopic (exact) mass is 879 g/mol. The second kappa shape index (κ2) is 11.2. The predicted molar refractivity (Wildman–Crippen MR) is 215 cm³/mol. The van der Waals surface area contributed by atoms with Crippen molar-refractivity contribution in [2.24, 2.45) is 0 Å². The Morgan fingerprint density at radius 2 is 1.54 bits per heavy atom. The summed E-state index contributed by atoms with van der Waals surface area (Å²) in [6.07, 6.45) is 1.02. The van der Waals surface area contributed by atoms with Crippen LogP contribution < -0.4 is 21.1 Å². The molecule has 7 heterocycles. The number of pyridine rings is 3. The van der Waals surface area contributed by atoms with Crippen LogP contribution in [0.15, 0.2) is 115 Å². The molecule has 0 fully saturated rings. The van der Waals surface area contributed by atoms with Crippen LogP contribution in [0.4, 0.5) is 0 Å². The SMILES string of the molecule is [2H]C([2H])([2H])c1c[c-]c(-c2cc(C([2H])([2H])[2H])c(C([2H])([2H])[2H])cn2)cc1.[Ir].[c-]1c2c3c4c5c1c1nc6ccccc6n1c1cccc(c51)c1nc5cccc(c5n14)B3c1ccccc1O2. The van der Waals surface area contributed by atoms with E-state index < -0.39 is 20.6 Å². The molecule has 0 saturated carbocycles. The molecule has 2 aliphatic rings. The second-order valence-electron chi connectivity index (χ2n) is 13.6. The van der Waals surface area contributed by atoms with E-state index in [2.05, 4.69) is 98.7 Å². The topological polar surface area (TPSA) is 56.7 Å². The van der Waals surface area contributed by atoms with E-state index in [9.17, 15) is 0 Å². The molecule has 1 radical (unpaired) electrons. The minimum Gasteiger partial charge on any atom is -0.478 e. The molecule has 8 heteroatoms. The number of nitrogens with zero attached hydrogens (tertiary/aromatic N) is 5. The summed E-state index contributed by atoms with van der Waals surface area (Å²) in [4.78, 5) is 14.4. The second-order valence-corrected chi connectivity index (χ2v) is 13.6. The largest absolute Gasteiger partial charge is 0.478 e. The smallest absolute Gasteiger partial charge is 0.204 e. The molecule has 5 aromatic heterocycles. The van der Waals surface area contributed by atoms with Crippen molar-refractivity contribution >= 4 is 89.0 Å². The molecule has 0 unspecified atom stereocenters. The van der Waals surface area contributed by atoms with E-state index in [1.165, 1.54) is 62.5 Å². The van der Waals surface area contributed by atoms with Gasteiger partial charge in [-0.15, -0.1) is 35.4 Å². The van der Waals surface area contributed by atoms with Crippen molar-refractivity contribution in [1.82, 2.24) is 23.8 Å². The standard InChI is InChI=1S/C32H14BN4O.C14H14N.Ir/c1-4-14-24-18(8-1)33-19-9-6-11-21-29(19)37-30-27-17(15-25(38-24)28(30)33)32-34-20-10-2-3-12-22(20)36(32)23-13-5-7-16(26(23)27)31(37)35-21;1-10-4-6-13(7-5-10)14-8-11(2)12(3)9-15-14;/h1-14H;4-6,8-9H,1-3H3;/q2*-1;/i;1D3,2D3,3D3;. The van der Waals surface area contributed by atoms with Crippen LogP contribution in [-0.2, 0) is 20.1 Å². The van der Waals surface area contributed by atoms with Gasteiger partial charge >= 0.3 is 0 Å². The Balaban J connectivity index is 0.000000156. The van der Waals surface area contributed by atoms with Crippen molar-refractivity contribution in [2.45, 2.75) is 20.6 Å². The van der Waals surface area contributed by atoms with E-state index in [1.807, 2.05) is 12.1 Å². The number of hydrogen-bond donors (Lipinski definition) is 0. The number of benzene rings is 6. The number of aromatic nitrogens is 5. The van der Waals surface area contributed by atoms with Crippen molar-refractivity contribution < 1.29 is 37.2 Å². The van der Waals surface area contributed by atoms with Gasteiger partial charge in [0, 0.05) is 55.3 Å². The molecule has 0 amide bonds.